The van der Waals surface area contributed by atoms with Crippen LogP contribution < -0.4 is 0 Å². The van der Waals surface area contributed by atoms with Gasteiger partial charge in [-0.2, -0.15) is 0 Å². The maximum atomic E-state index is 11.2. The van der Waals surface area contributed by atoms with Gasteiger partial charge in [-0.05, 0) is 12.8 Å². The summed E-state index contributed by atoms with van der Waals surface area (Å²) >= 11 is 0. The molecular weight excluding hydrogens is 208 g/mol. The van der Waals surface area contributed by atoms with Crippen LogP contribution >= 0.6 is 0 Å². The highest BCUT2D eigenvalue weighted by molar-refractivity contribution is 5.94. The monoisotopic (exact) mass is 230 g/mol. The number of esters is 1. The van der Waals surface area contributed by atoms with Gasteiger partial charge in [-0.15, -0.1) is 0 Å². The van der Waals surface area contributed by atoms with Gasteiger partial charge in [0.25, 0.3) is 0 Å². The Morgan fingerprint density at radius 2 is 1.81 bits per heavy atom. The summed E-state index contributed by atoms with van der Waals surface area (Å²) in [6.07, 6.45) is -0.744. The number of carbonyl (C=O) groups excluding carboxylic acids is 2. The Kier molecular flexibility index (Phi) is 5.65. The highest BCUT2D eigenvalue weighted by atomic mass is 16.5. The van der Waals surface area contributed by atoms with Crippen molar-refractivity contribution in [2.24, 2.45) is 11.3 Å². The third-order valence-corrected chi connectivity index (χ3v) is 2.43. The maximum absolute atomic E-state index is 11.2. The third kappa shape index (κ3) is 5.26. The van der Waals surface area contributed by atoms with Gasteiger partial charge in [0.05, 0.1) is 12.7 Å². The number of aliphatic hydroxyl groups excluding tert-OH is 1. The Hall–Kier alpha value is -0.900. The second kappa shape index (κ2) is 5.99. The van der Waals surface area contributed by atoms with E-state index in [0.717, 1.165) is 0 Å². The molecule has 0 aliphatic heterocycles. The Labute approximate surface area is 97.0 Å². The Bertz CT molecular complexity index is 256. The lowest BCUT2D eigenvalue weighted by Crippen LogP contribution is -2.38. The minimum Gasteiger partial charge on any atom is -0.465 e. The van der Waals surface area contributed by atoms with E-state index in [0.29, 0.717) is 0 Å². The molecule has 0 radical (unpaired) electrons. The Morgan fingerprint density at radius 1 is 1.31 bits per heavy atom. The summed E-state index contributed by atoms with van der Waals surface area (Å²) < 4.78 is 4.97. The fourth-order valence-corrected chi connectivity index (χ4v) is 1.51. The lowest BCUT2D eigenvalue weighted by atomic mass is 9.81. The molecule has 0 bridgehead atoms. The molecule has 0 aromatic rings. The van der Waals surface area contributed by atoms with Crippen LogP contribution in [-0.2, 0) is 14.3 Å². The summed E-state index contributed by atoms with van der Waals surface area (Å²) in [6, 6.07) is 0. The molecule has 0 spiro atoms. The predicted octanol–water partition coefficient (Wildman–Crippen LogP) is 1.55. The van der Waals surface area contributed by atoms with E-state index in [-0.39, 0.29) is 24.7 Å². The molecule has 0 aromatic heterocycles. The standard InChI is InChI=1S/C12H22O4/c1-8(2)11(15)12(4,5)7-16-10(14)6-9(3)13/h8,11,15H,6-7H2,1-5H3. The van der Waals surface area contributed by atoms with Crippen molar-refractivity contribution in [3.63, 3.8) is 0 Å². The minimum atomic E-state index is -0.544. The minimum absolute atomic E-state index is 0.0986. The first-order valence-electron chi connectivity index (χ1n) is 5.50. The van der Waals surface area contributed by atoms with E-state index in [1.165, 1.54) is 6.92 Å². The predicted molar refractivity (Wildman–Crippen MR) is 60.9 cm³/mol. The number of ether oxygens (including phenoxy) is 1. The van der Waals surface area contributed by atoms with Gasteiger partial charge in [0, 0.05) is 5.41 Å². The smallest absolute Gasteiger partial charge is 0.313 e. The fraction of sp³-hybridized carbons (Fsp3) is 0.833. The van der Waals surface area contributed by atoms with E-state index in [2.05, 4.69) is 0 Å². The summed E-state index contributed by atoms with van der Waals surface area (Å²) in [5, 5.41) is 9.89. The van der Waals surface area contributed by atoms with Gasteiger partial charge in [0.1, 0.15) is 12.2 Å². The molecule has 0 saturated heterocycles. The molecule has 1 atom stereocenters. The number of carbonyl (C=O) groups is 2. The van der Waals surface area contributed by atoms with Crippen LogP contribution in [0.1, 0.15) is 41.0 Å². The number of hydrogen-bond donors (Lipinski definition) is 1. The van der Waals surface area contributed by atoms with Crippen LogP contribution in [0.4, 0.5) is 0 Å². The highest BCUT2D eigenvalue weighted by Crippen LogP contribution is 2.26. The van der Waals surface area contributed by atoms with Crippen LogP contribution in [0, 0.1) is 11.3 Å². The molecule has 0 amide bonds. The zero-order valence-electron chi connectivity index (χ0n) is 10.7. The summed E-state index contributed by atoms with van der Waals surface area (Å²) in [4.78, 5) is 21.8. The zero-order valence-corrected chi connectivity index (χ0v) is 10.7. The molecule has 4 heteroatoms. The fourth-order valence-electron chi connectivity index (χ4n) is 1.51. The largest absolute Gasteiger partial charge is 0.465 e. The van der Waals surface area contributed by atoms with Crippen molar-refractivity contribution in [2.45, 2.75) is 47.1 Å². The van der Waals surface area contributed by atoms with E-state index in [1.54, 1.807) is 0 Å². The van der Waals surface area contributed by atoms with Crippen LogP contribution in [-0.4, -0.2) is 29.6 Å². The second-order valence-corrected chi connectivity index (χ2v) is 5.22. The number of Topliss-reactive ketones (excluding diaryl/α,β-unsaturated/α-hetero) is 1. The van der Waals surface area contributed by atoms with Gasteiger partial charge in [0.2, 0.25) is 0 Å². The quantitative estimate of drug-likeness (QED) is 0.555. The molecule has 1 unspecified atom stereocenters. The van der Waals surface area contributed by atoms with Gasteiger partial charge < -0.3 is 9.84 Å². The summed E-state index contributed by atoms with van der Waals surface area (Å²) in [7, 11) is 0. The topological polar surface area (TPSA) is 63.6 Å². The first-order chi connectivity index (χ1) is 7.16. The highest BCUT2D eigenvalue weighted by Gasteiger charge is 2.31. The Morgan fingerprint density at radius 3 is 2.19 bits per heavy atom. The molecule has 0 rings (SSSR count). The number of rotatable bonds is 6. The zero-order chi connectivity index (χ0) is 12.9. The third-order valence-electron chi connectivity index (χ3n) is 2.43. The molecule has 4 nitrogen and oxygen atoms in total. The summed E-state index contributed by atoms with van der Waals surface area (Å²) in [5.41, 5.74) is -0.499. The molecule has 0 aliphatic carbocycles. The lowest BCUT2D eigenvalue weighted by molar-refractivity contribution is -0.151. The van der Waals surface area contributed by atoms with Crippen molar-refractivity contribution in [1.29, 1.82) is 0 Å². The van der Waals surface area contributed by atoms with Gasteiger partial charge >= 0.3 is 5.97 Å². The van der Waals surface area contributed by atoms with Crippen molar-refractivity contribution in [3.05, 3.63) is 0 Å². The van der Waals surface area contributed by atoms with Crippen LogP contribution in [0.5, 0.6) is 0 Å². The first kappa shape index (κ1) is 15.1. The van der Waals surface area contributed by atoms with E-state index >= 15 is 0 Å². The second-order valence-electron chi connectivity index (χ2n) is 5.22. The normalized spacial score (nSPS) is 13.7. The van der Waals surface area contributed by atoms with Gasteiger partial charge in [-0.25, -0.2) is 0 Å². The van der Waals surface area contributed by atoms with Crippen molar-refractivity contribution >= 4 is 11.8 Å². The summed E-state index contributed by atoms with van der Waals surface area (Å²) in [5.74, 6) is -0.648. The Balaban J connectivity index is 4.18. The van der Waals surface area contributed by atoms with Crippen molar-refractivity contribution in [1.82, 2.24) is 0 Å². The number of aliphatic hydroxyl groups is 1. The SMILES string of the molecule is CC(=O)CC(=O)OCC(C)(C)C(O)C(C)C. The van der Waals surface area contributed by atoms with E-state index in [4.69, 9.17) is 4.74 Å². The molecule has 0 aliphatic rings. The molecular formula is C12H22O4. The van der Waals surface area contributed by atoms with Crippen molar-refractivity contribution < 1.29 is 19.4 Å². The van der Waals surface area contributed by atoms with Crippen LogP contribution in [0.25, 0.3) is 0 Å². The molecule has 0 fully saturated rings. The molecule has 0 heterocycles. The van der Waals surface area contributed by atoms with E-state index in [9.17, 15) is 14.7 Å². The number of hydrogen-bond acceptors (Lipinski definition) is 4. The summed E-state index contributed by atoms with van der Waals surface area (Å²) in [6.45, 7) is 8.94. The van der Waals surface area contributed by atoms with Gasteiger partial charge in [-0.3, -0.25) is 9.59 Å². The van der Waals surface area contributed by atoms with Crippen LogP contribution in [0.3, 0.4) is 0 Å². The molecule has 94 valence electrons. The van der Waals surface area contributed by atoms with Crippen LogP contribution in [0.15, 0.2) is 0 Å². The van der Waals surface area contributed by atoms with Crippen molar-refractivity contribution in [3.8, 4) is 0 Å². The average Bonchev–Trinajstić information content (AvgIpc) is 2.12. The van der Waals surface area contributed by atoms with Gasteiger partial charge in [-0.1, -0.05) is 27.7 Å². The van der Waals surface area contributed by atoms with E-state index < -0.39 is 17.5 Å². The lowest BCUT2D eigenvalue weighted by Gasteiger charge is -2.32. The molecule has 16 heavy (non-hydrogen) atoms. The van der Waals surface area contributed by atoms with Gasteiger partial charge in [0.15, 0.2) is 0 Å². The maximum Gasteiger partial charge on any atom is 0.313 e. The molecule has 1 N–H and O–H groups in total. The average molecular weight is 230 g/mol. The first-order valence-corrected chi connectivity index (χ1v) is 5.50. The molecule has 0 saturated carbocycles. The molecule has 0 aromatic carbocycles. The van der Waals surface area contributed by atoms with Crippen LogP contribution in [0.2, 0.25) is 0 Å². The van der Waals surface area contributed by atoms with E-state index in [1.807, 2.05) is 27.7 Å². The number of ketones is 1. The van der Waals surface area contributed by atoms with Crippen molar-refractivity contribution in [2.75, 3.05) is 6.61 Å².